The van der Waals surface area contributed by atoms with E-state index in [1.807, 2.05) is 31.2 Å². The second-order valence-electron chi connectivity index (χ2n) is 5.35. The zero-order valence-corrected chi connectivity index (χ0v) is 11.2. The number of rotatable bonds is 3. The molecule has 0 N–H and O–H groups in total. The highest BCUT2D eigenvalue weighted by atomic mass is 16.7. The number of hydrogen-bond donors (Lipinski definition) is 0. The molecule has 0 bridgehead atoms. The first kappa shape index (κ1) is 12.8. The van der Waals surface area contributed by atoms with Crippen LogP contribution < -0.4 is 0 Å². The predicted molar refractivity (Wildman–Crippen MR) is 69.2 cm³/mol. The lowest BCUT2D eigenvalue weighted by Gasteiger charge is -2.12. The van der Waals surface area contributed by atoms with Gasteiger partial charge in [-0.1, -0.05) is 29.8 Å². The summed E-state index contributed by atoms with van der Waals surface area (Å²) in [6.07, 6.45) is 0.953. The van der Waals surface area contributed by atoms with Gasteiger partial charge in [0.05, 0.1) is 5.92 Å². The molecule has 1 aliphatic carbocycles. The standard InChI is InChI=1S/C15H15NO4/c1-9-2-4-10(5-3-9)11-8-12(11)15(19)20-16-13(17)6-7-14(16)18/h2-5,11-12H,6-8H2,1H3. The topological polar surface area (TPSA) is 63.7 Å². The number of amides is 2. The highest BCUT2D eigenvalue weighted by Gasteiger charge is 2.47. The third-order valence-corrected chi connectivity index (χ3v) is 3.79. The van der Waals surface area contributed by atoms with Gasteiger partial charge in [-0.3, -0.25) is 9.59 Å². The molecule has 2 fully saturated rings. The summed E-state index contributed by atoms with van der Waals surface area (Å²) < 4.78 is 0. The van der Waals surface area contributed by atoms with Crippen LogP contribution in [0.1, 0.15) is 36.3 Å². The summed E-state index contributed by atoms with van der Waals surface area (Å²) >= 11 is 0. The van der Waals surface area contributed by atoms with Gasteiger partial charge in [0.2, 0.25) is 0 Å². The minimum Gasteiger partial charge on any atom is -0.330 e. The molecule has 1 saturated heterocycles. The average Bonchev–Trinajstić information content (AvgIpc) is 3.17. The fraction of sp³-hybridized carbons (Fsp3) is 0.400. The van der Waals surface area contributed by atoms with E-state index in [1.165, 1.54) is 5.56 Å². The van der Waals surface area contributed by atoms with Gasteiger partial charge in [0.25, 0.3) is 11.8 Å². The van der Waals surface area contributed by atoms with E-state index in [0.717, 1.165) is 5.56 Å². The van der Waals surface area contributed by atoms with E-state index in [9.17, 15) is 14.4 Å². The number of aryl methyl sites for hydroxylation is 1. The average molecular weight is 273 g/mol. The quantitative estimate of drug-likeness (QED) is 0.786. The number of imide groups is 1. The van der Waals surface area contributed by atoms with Gasteiger partial charge >= 0.3 is 5.97 Å². The van der Waals surface area contributed by atoms with Crippen molar-refractivity contribution in [3.8, 4) is 0 Å². The molecule has 2 amide bonds. The highest BCUT2D eigenvalue weighted by Crippen LogP contribution is 2.48. The minimum absolute atomic E-state index is 0.123. The molecule has 2 unspecified atom stereocenters. The van der Waals surface area contributed by atoms with Crippen molar-refractivity contribution in [2.45, 2.75) is 32.1 Å². The molecule has 1 aromatic rings. The van der Waals surface area contributed by atoms with Crippen molar-refractivity contribution < 1.29 is 19.2 Å². The molecule has 2 aliphatic rings. The maximum atomic E-state index is 11.9. The summed E-state index contributed by atoms with van der Waals surface area (Å²) in [5.41, 5.74) is 2.26. The molecule has 1 aromatic carbocycles. The Bertz CT molecular complexity index is 562. The van der Waals surface area contributed by atoms with Crippen LogP contribution in [0.25, 0.3) is 0 Å². The fourth-order valence-electron chi connectivity index (χ4n) is 2.45. The molecule has 1 heterocycles. The first-order valence-electron chi connectivity index (χ1n) is 6.70. The summed E-state index contributed by atoms with van der Waals surface area (Å²) in [5, 5.41) is 0.618. The molecule has 0 radical (unpaired) electrons. The molecule has 104 valence electrons. The largest absolute Gasteiger partial charge is 0.336 e. The van der Waals surface area contributed by atoms with Crippen LogP contribution in [-0.4, -0.2) is 22.8 Å². The molecular weight excluding hydrogens is 258 g/mol. The van der Waals surface area contributed by atoms with Crippen molar-refractivity contribution in [3.63, 3.8) is 0 Å². The second kappa shape index (κ2) is 4.74. The third kappa shape index (κ3) is 2.31. The number of hydrogen-bond acceptors (Lipinski definition) is 4. The molecule has 0 spiro atoms. The van der Waals surface area contributed by atoms with E-state index in [4.69, 9.17) is 4.84 Å². The normalized spacial score (nSPS) is 24.9. The second-order valence-corrected chi connectivity index (χ2v) is 5.35. The van der Waals surface area contributed by atoms with Crippen LogP contribution in [0.5, 0.6) is 0 Å². The van der Waals surface area contributed by atoms with Crippen molar-refractivity contribution in [2.24, 2.45) is 5.92 Å². The lowest BCUT2D eigenvalue weighted by Crippen LogP contribution is -2.32. The Balaban J connectivity index is 1.61. The zero-order chi connectivity index (χ0) is 14.3. The first-order valence-corrected chi connectivity index (χ1v) is 6.70. The number of carbonyl (C=O) groups excluding carboxylic acids is 3. The maximum absolute atomic E-state index is 11.9. The Morgan fingerprint density at radius 2 is 1.75 bits per heavy atom. The molecule has 1 saturated carbocycles. The fourth-order valence-corrected chi connectivity index (χ4v) is 2.45. The SMILES string of the molecule is Cc1ccc(C2CC2C(=O)ON2C(=O)CCC2=O)cc1. The van der Waals surface area contributed by atoms with Crippen molar-refractivity contribution >= 4 is 17.8 Å². The Morgan fingerprint density at radius 3 is 2.35 bits per heavy atom. The van der Waals surface area contributed by atoms with E-state index in [2.05, 4.69) is 0 Å². The first-order chi connectivity index (χ1) is 9.56. The monoisotopic (exact) mass is 273 g/mol. The van der Waals surface area contributed by atoms with E-state index in [1.54, 1.807) is 0 Å². The Kier molecular flexibility index (Phi) is 3.04. The number of hydroxylamine groups is 2. The summed E-state index contributed by atoms with van der Waals surface area (Å²) in [6, 6.07) is 8.01. The van der Waals surface area contributed by atoms with Crippen LogP contribution in [-0.2, 0) is 19.2 Å². The molecule has 2 atom stereocenters. The lowest BCUT2D eigenvalue weighted by molar-refractivity contribution is -0.198. The Morgan fingerprint density at radius 1 is 1.15 bits per heavy atom. The predicted octanol–water partition coefficient (Wildman–Crippen LogP) is 1.71. The molecule has 5 nitrogen and oxygen atoms in total. The van der Waals surface area contributed by atoms with Crippen molar-refractivity contribution in [3.05, 3.63) is 35.4 Å². The smallest absolute Gasteiger partial charge is 0.330 e. The van der Waals surface area contributed by atoms with E-state index >= 15 is 0 Å². The zero-order valence-electron chi connectivity index (χ0n) is 11.2. The Labute approximate surface area is 116 Å². The van der Waals surface area contributed by atoms with Crippen LogP contribution in [0.15, 0.2) is 24.3 Å². The van der Waals surface area contributed by atoms with E-state index in [-0.39, 0.29) is 24.7 Å². The molecule has 20 heavy (non-hydrogen) atoms. The summed E-state index contributed by atoms with van der Waals surface area (Å²) in [6.45, 7) is 2.01. The molecule has 5 heteroatoms. The van der Waals surface area contributed by atoms with Gasteiger partial charge in [0, 0.05) is 12.8 Å². The lowest BCUT2D eigenvalue weighted by atomic mass is 10.1. The summed E-state index contributed by atoms with van der Waals surface area (Å²) in [4.78, 5) is 39.6. The van der Waals surface area contributed by atoms with Gasteiger partial charge in [-0.2, -0.15) is 0 Å². The Hall–Kier alpha value is -2.17. The van der Waals surface area contributed by atoms with E-state index < -0.39 is 17.8 Å². The number of benzene rings is 1. The van der Waals surface area contributed by atoms with Crippen molar-refractivity contribution in [1.82, 2.24) is 5.06 Å². The number of carbonyl (C=O) groups is 3. The van der Waals surface area contributed by atoms with Crippen molar-refractivity contribution in [1.29, 1.82) is 0 Å². The van der Waals surface area contributed by atoms with Gasteiger partial charge in [-0.15, -0.1) is 5.06 Å². The van der Waals surface area contributed by atoms with E-state index in [0.29, 0.717) is 11.5 Å². The molecule has 3 rings (SSSR count). The van der Waals surface area contributed by atoms with Crippen LogP contribution in [0.4, 0.5) is 0 Å². The molecule has 0 aromatic heterocycles. The van der Waals surface area contributed by atoms with Crippen LogP contribution >= 0.6 is 0 Å². The maximum Gasteiger partial charge on any atom is 0.336 e. The number of nitrogens with zero attached hydrogens (tertiary/aromatic N) is 1. The van der Waals surface area contributed by atoms with Gasteiger partial charge in [0.1, 0.15) is 0 Å². The minimum atomic E-state index is -0.487. The third-order valence-electron chi connectivity index (χ3n) is 3.79. The van der Waals surface area contributed by atoms with Crippen LogP contribution in [0, 0.1) is 12.8 Å². The van der Waals surface area contributed by atoms with Gasteiger partial charge in [-0.05, 0) is 24.8 Å². The van der Waals surface area contributed by atoms with Gasteiger partial charge in [-0.25, -0.2) is 4.79 Å². The molecular formula is C15H15NO4. The molecule has 1 aliphatic heterocycles. The summed E-state index contributed by atoms with van der Waals surface area (Å²) in [5.74, 6) is -1.47. The van der Waals surface area contributed by atoms with Crippen molar-refractivity contribution in [2.75, 3.05) is 0 Å². The highest BCUT2D eigenvalue weighted by molar-refractivity contribution is 6.01. The summed E-state index contributed by atoms with van der Waals surface area (Å²) in [7, 11) is 0. The van der Waals surface area contributed by atoms with Gasteiger partial charge < -0.3 is 4.84 Å². The van der Waals surface area contributed by atoms with Crippen LogP contribution in [0.2, 0.25) is 0 Å². The van der Waals surface area contributed by atoms with Gasteiger partial charge in [0.15, 0.2) is 0 Å². The van der Waals surface area contributed by atoms with Crippen LogP contribution in [0.3, 0.4) is 0 Å².